The van der Waals surface area contributed by atoms with Gasteiger partial charge in [0, 0.05) is 6.42 Å². The summed E-state index contributed by atoms with van der Waals surface area (Å²) in [6.07, 6.45) is 6.74. The third kappa shape index (κ3) is 3.21. The summed E-state index contributed by atoms with van der Waals surface area (Å²) in [7, 11) is 0. The van der Waals surface area contributed by atoms with Crippen LogP contribution in [-0.4, -0.2) is 4.98 Å². The molecule has 1 aromatic heterocycles. The SMILES string of the molecule is CC(C)CCCc1ncco1. The largest absolute Gasteiger partial charge is 0.449 e. The van der Waals surface area contributed by atoms with Crippen molar-refractivity contribution >= 4 is 0 Å². The van der Waals surface area contributed by atoms with E-state index in [9.17, 15) is 0 Å². The van der Waals surface area contributed by atoms with Gasteiger partial charge in [-0.15, -0.1) is 0 Å². The van der Waals surface area contributed by atoms with Gasteiger partial charge in [-0.25, -0.2) is 4.98 Å². The van der Waals surface area contributed by atoms with Crippen LogP contribution in [-0.2, 0) is 6.42 Å². The summed E-state index contributed by atoms with van der Waals surface area (Å²) in [5, 5.41) is 0. The third-order valence-corrected chi connectivity index (χ3v) is 1.66. The molecule has 1 heterocycles. The Morgan fingerprint density at radius 3 is 2.91 bits per heavy atom. The number of nitrogens with zero attached hydrogens (tertiary/aromatic N) is 1. The zero-order valence-corrected chi connectivity index (χ0v) is 7.21. The average Bonchev–Trinajstić information content (AvgIpc) is 2.39. The fourth-order valence-corrected chi connectivity index (χ4v) is 1.04. The Labute approximate surface area is 67.6 Å². The molecule has 0 aromatic carbocycles. The molecule has 0 aliphatic rings. The molecule has 0 spiro atoms. The summed E-state index contributed by atoms with van der Waals surface area (Å²) >= 11 is 0. The molecule has 2 heteroatoms. The molecule has 0 amide bonds. The van der Waals surface area contributed by atoms with Crippen LogP contribution in [0.5, 0.6) is 0 Å². The van der Waals surface area contributed by atoms with Gasteiger partial charge < -0.3 is 4.42 Å². The summed E-state index contributed by atoms with van der Waals surface area (Å²) in [4.78, 5) is 4.05. The van der Waals surface area contributed by atoms with Gasteiger partial charge in [-0.3, -0.25) is 0 Å². The maximum absolute atomic E-state index is 5.10. The van der Waals surface area contributed by atoms with Gasteiger partial charge in [-0.2, -0.15) is 0 Å². The number of aromatic nitrogens is 1. The van der Waals surface area contributed by atoms with Crippen molar-refractivity contribution in [3.05, 3.63) is 18.4 Å². The van der Waals surface area contributed by atoms with Gasteiger partial charge in [0.05, 0.1) is 6.20 Å². The van der Waals surface area contributed by atoms with Crippen LogP contribution >= 0.6 is 0 Å². The van der Waals surface area contributed by atoms with E-state index in [1.54, 1.807) is 12.5 Å². The van der Waals surface area contributed by atoms with Crippen LogP contribution in [0, 0.1) is 5.92 Å². The molecule has 0 N–H and O–H groups in total. The first-order chi connectivity index (χ1) is 5.29. The summed E-state index contributed by atoms with van der Waals surface area (Å²) in [5.41, 5.74) is 0. The minimum Gasteiger partial charge on any atom is -0.449 e. The third-order valence-electron chi connectivity index (χ3n) is 1.66. The van der Waals surface area contributed by atoms with Gasteiger partial charge in [0.1, 0.15) is 6.26 Å². The van der Waals surface area contributed by atoms with E-state index in [1.807, 2.05) is 0 Å². The van der Waals surface area contributed by atoms with E-state index < -0.39 is 0 Å². The molecule has 0 bridgehead atoms. The molecule has 0 aliphatic carbocycles. The Bertz CT molecular complexity index is 179. The van der Waals surface area contributed by atoms with Crippen molar-refractivity contribution in [1.29, 1.82) is 0 Å². The van der Waals surface area contributed by atoms with Crippen molar-refractivity contribution in [3.8, 4) is 0 Å². The van der Waals surface area contributed by atoms with E-state index in [1.165, 1.54) is 12.8 Å². The molecule has 1 rings (SSSR count). The summed E-state index contributed by atoms with van der Waals surface area (Å²) in [6, 6.07) is 0. The molecule has 0 atom stereocenters. The average molecular weight is 153 g/mol. The van der Waals surface area contributed by atoms with Crippen molar-refractivity contribution in [2.45, 2.75) is 33.1 Å². The maximum Gasteiger partial charge on any atom is 0.193 e. The quantitative estimate of drug-likeness (QED) is 0.664. The number of oxazole rings is 1. The van der Waals surface area contributed by atoms with E-state index >= 15 is 0 Å². The molecule has 0 radical (unpaired) electrons. The first-order valence-corrected chi connectivity index (χ1v) is 4.17. The van der Waals surface area contributed by atoms with Crippen molar-refractivity contribution in [3.63, 3.8) is 0 Å². The zero-order valence-electron chi connectivity index (χ0n) is 7.21. The molecule has 0 aliphatic heterocycles. The van der Waals surface area contributed by atoms with Crippen molar-refractivity contribution in [1.82, 2.24) is 4.98 Å². The van der Waals surface area contributed by atoms with Crippen LogP contribution in [0.3, 0.4) is 0 Å². The Morgan fingerprint density at radius 1 is 1.55 bits per heavy atom. The standard InChI is InChI=1S/C9H15NO/c1-8(2)4-3-5-9-10-6-7-11-9/h6-8H,3-5H2,1-2H3. The van der Waals surface area contributed by atoms with Crippen molar-refractivity contribution < 1.29 is 4.42 Å². The second-order valence-electron chi connectivity index (χ2n) is 3.21. The lowest BCUT2D eigenvalue weighted by molar-refractivity contribution is 0.465. The predicted molar refractivity (Wildman–Crippen MR) is 44.3 cm³/mol. The first kappa shape index (κ1) is 8.31. The van der Waals surface area contributed by atoms with Crippen LogP contribution in [0.2, 0.25) is 0 Å². The van der Waals surface area contributed by atoms with Gasteiger partial charge in [0.15, 0.2) is 5.89 Å². The molecule has 1 aromatic rings. The van der Waals surface area contributed by atoms with E-state index in [0.29, 0.717) is 0 Å². The number of rotatable bonds is 4. The minimum atomic E-state index is 0.782. The highest BCUT2D eigenvalue weighted by Crippen LogP contribution is 2.07. The summed E-state index contributed by atoms with van der Waals surface area (Å²) in [5.74, 6) is 1.65. The predicted octanol–water partition coefficient (Wildman–Crippen LogP) is 2.65. The molecular formula is C9H15NO. The zero-order chi connectivity index (χ0) is 8.10. The van der Waals surface area contributed by atoms with Crippen LogP contribution in [0.4, 0.5) is 0 Å². The van der Waals surface area contributed by atoms with E-state index in [-0.39, 0.29) is 0 Å². The number of hydrogen-bond acceptors (Lipinski definition) is 2. The van der Waals surface area contributed by atoms with Crippen LogP contribution in [0.25, 0.3) is 0 Å². The van der Waals surface area contributed by atoms with Crippen molar-refractivity contribution in [2.75, 3.05) is 0 Å². The fraction of sp³-hybridized carbons (Fsp3) is 0.667. The molecule has 2 nitrogen and oxygen atoms in total. The number of hydrogen-bond donors (Lipinski definition) is 0. The van der Waals surface area contributed by atoms with E-state index in [0.717, 1.165) is 18.2 Å². The molecule has 62 valence electrons. The Morgan fingerprint density at radius 2 is 2.36 bits per heavy atom. The Balaban J connectivity index is 2.14. The summed E-state index contributed by atoms with van der Waals surface area (Å²) < 4.78 is 5.10. The van der Waals surface area contributed by atoms with Gasteiger partial charge in [-0.05, 0) is 12.3 Å². The van der Waals surface area contributed by atoms with Crippen LogP contribution in [0.1, 0.15) is 32.6 Å². The summed E-state index contributed by atoms with van der Waals surface area (Å²) in [6.45, 7) is 4.46. The minimum absolute atomic E-state index is 0.782. The van der Waals surface area contributed by atoms with Gasteiger partial charge in [0.25, 0.3) is 0 Å². The topological polar surface area (TPSA) is 26.0 Å². The lowest BCUT2D eigenvalue weighted by Crippen LogP contribution is -1.90. The van der Waals surface area contributed by atoms with E-state index in [2.05, 4.69) is 18.8 Å². The molecular weight excluding hydrogens is 138 g/mol. The fourth-order valence-electron chi connectivity index (χ4n) is 1.04. The monoisotopic (exact) mass is 153 g/mol. The lowest BCUT2D eigenvalue weighted by atomic mass is 10.1. The second kappa shape index (κ2) is 4.16. The van der Waals surface area contributed by atoms with Gasteiger partial charge in [0.2, 0.25) is 0 Å². The smallest absolute Gasteiger partial charge is 0.193 e. The molecule has 0 saturated carbocycles. The molecule has 0 unspecified atom stereocenters. The Kier molecular flexibility index (Phi) is 3.14. The highest BCUT2D eigenvalue weighted by atomic mass is 16.3. The van der Waals surface area contributed by atoms with E-state index in [4.69, 9.17) is 4.42 Å². The number of aryl methyl sites for hydroxylation is 1. The van der Waals surface area contributed by atoms with Crippen molar-refractivity contribution in [2.24, 2.45) is 5.92 Å². The van der Waals surface area contributed by atoms with Gasteiger partial charge in [-0.1, -0.05) is 20.3 Å². The highest BCUT2D eigenvalue weighted by Gasteiger charge is 1.98. The molecule has 11 heavy (non-hydrogen) atoms. The second-order valence-corrected chi connectivity index (χ2v) is 3.21. The van der Waals surface area contributed by atoms with Crippen LogP contribution in [0.15, 0.2) is 16.9 Å². The molecule has 0 saturated heterocycles. The maximum atomic E-state index is 5.10. The lowest BCUT2D eigenvalue weighted by Gasteiger charge is -2.00. The normalized spacial score (nSPS) is 10.8. The van der Waals surface area contributed by atoms with Gasteiger partial charge >= 0.3 is 0 Å². The first-order valence-electron chi connectivity index (χ1n) is 4.17. The van der Waals surface area contributed by atoms with Crippen LogP contribution < -0.4 is 0 Å². The Hall–Kier alpha value is -0.790. The highest BCUT2D eigenvalue weighted by molar-refractivity contribution is 4.79. The molecule has 0 fully saturated rings.